The van der Waals surface area contributed by atoms with Crippen molar-refractivity contribution in [1.82, 2.24) is 9.88 Å². The van der Waals surface area contributed by atoms with Gasteiger partial charge in [-0.1, -0.05) is 12.1 Å². The Morgan fingerprint density at radius 2 is 1.89 bits per heavy atom. The molecule has 3 aromatic rings. The first kappa shape index (κ1) is 17.7. The van der Waals surface area contributed by atoms with Gasteiger partial charge >= 0.3 is 0 Å². The quantitative estimate of drug-likeness (QED) is 0.733. The van der Waals surface area contributed by atoms with Crippen molar-refractivity contribution in [3.05, 3.63) is 52.3 Å². The fourth-order valence-electron chi connectivity index (χ4n) is 3.39. The van der Waals surface area contributed by atoms with Crippen LogP contribution in [0, 0.1) is 19.7 Å². The third kappa shape index (κ3) is 3.12. The van der Waals surface area contributed by atoms with Crippen LogP contribution in [0.3, 0.4) is 0 Å². The standard InChI is InChI=1S/C20H21FN4OS/c1-12-11-14-17(22)18(27-19(14)23-13(12)2)20(26)25-9-7-24(8-10-25)16-6-4-3-5-15(16)21/h3-6,11H,7-10,22H2,1-2H3. The summed E-state index contributed by atoms with van der Waals surface area (Å²) in [6.07, 6.45) is 0. The molecule has 0 radical (unpaired) electrons. The lowest BCUT2D eigenvalue weighted by Gasteiger charge is -2.36. The highest BCUT2D eigenvalue weighted by atomic mass is 32.1. The number of hydrogen-bond donors (Lipinski definition) is 1. The largest absolute Gasteiger partial charge is 0.397 e. The number of fused-ring (bicyclic) bond motifs is 1. The zero-order chi connectivity index (χ0) is 19.1. The first-order chi connectivity index (χ1) is 13.0. The van der Waals surface area contributed by atoms with Crippen LogP contribution >= 0.6 is 11.3 Å². The molecule has 3 heterocycles. The predicted octanol–water partition coefficient (Wildman–Crippen LogP) is 3.60. The molecule has 0 spiro atoms. The number of carbonyl (C=O) groups is 1. The topological polar surface area (TPSA) is 62.5 Å². The number of rotatable bonds is 2. The molecule has 1 amide bonds. The number of pyridine rings is 1. The smallest absolute Gasteiger partial charge is 0.266 e. The van der Waals surface area contributed by atoms with E-state index in [4.69, 9.17) is 5.73 Å². The molecule has 2 aromatic heterocycles. The lowest BCUT2D eigenvalue weighted by Crippen LogP contribution is -2.49. The van der Waals surface area contributed by atoms with Gasteiger partial charge in [0, 0.05) is 37.3 Å². The van der Waals surface area contributed by atoms with Crippen LogP contribution in [0.15, 0.2) is 30.3 Å². The third-order valence-corrected chi connectivity index (χ3v) is 6.22. The highest BCUT2D eigenvalue weighted by Crippen LogP contribution is 2.34. The Morgan fingerprint density at radius 3 is 2.59 bits per heavy atom. The van der Waals surface area contributed by atoms with Crippen molar-refractivity contribution in [2.24, 2.45) is 0 Å². The number of amides is 1. The molecule has 1 fully saturated rings. The highest BCUT2D eigenvalue weighted by molar-refractivity contribution is 7.21. The molecular formula is C20H21FN4OS. The van der Waals surface area contributed by atoms with Crippen molar-refractivity contribution in [1.29, 1.82) is 0 Å². The molecule has 7 heteroatoms. The maximum atomic E-state index is 14.0. The summed E-state index contributed by atoms with van der Waals surface area (Å²) in [5.74, 6) is -0.304. The Kier molecular flexibility index (Phi) is 4.47. The minimum atomic E-state index is -0.233. The molecule has 1 aliphatic heterocycles. The number of aryl methyl sites for hydroxylation is 2. The second-order valence-corrected chi connectivity index (χ2v) is 7.82. The first-order valence-corrected chi connectivity index (χ1v) is 9.72. The summed E-state index contributed by atoms with van der Waals surface area (Å²) in [6.45, 7) is 6.19. The monoisotopic (exact) mass is 384 g/mol. The molecule has 0 unspecified atom stereocenters. The van der Waals surface area contributed by atoms with E-state index in [1.54, 1.807) is 17.0 Å². The highest BCUT2D eigenvalue weighted by Gasteiger charge is 2.27. The molecule has 140 valence electrons. The average molecular weight is 384 g/mol. The normalized spacial score (nSPS) is 14.8. The Bertz CT molecular complexity index is 1020. The van der Waals surface area contributed by atoms with Gasteiger partial charge in [0.05, 0.1) is 11.4 Å². The van der Waals surface area contributed by atoms with E-state index in [1.807, 2.05) is 30.9 Å². The summed E-state index contributed by atoms with van der Waals surface area (Å²) < 4.78 is 14.0. The zero-order valence-corrected chi connectivity index (χ0v) is 16.1. The van der Waals surface area contributed by atoms with Gasteiger partial charge in [0.15, 0.2) is 0 Å². The first-order valence-electron chi connectivity index (χ1n) is 8.90. The van der Waals surface area contributed by atoms with Crippen LogP contribution in [0.5, 0.6) is 0 Å². The van der Waals surface area contributed by atoms with E-state index < -0.39 is 0 Å². The van der Waals surface area contributed by atoms with Gasteiger partial charge in [-0.3, -0.25) is 4.79 Å². The minimum Gasteiger partial charge on any atom is -0.397 e. The number of nitrogens with two attached hydrogens (primary N) is 1. The maximum Gasteiger partial charge on any atom is 0.266 e. The van der Waals surface area contributed by atoms with Gasteiger partial charge in [-0.15, -0.1) is 11.3 Å². The van der Waals surface area contributed by atoms with Crippen molar-refractivity contribution < 1.29 is 9.18 Å². The molecule has 27 heavy (non-hydrogen) atoms. The summed E-state index contributed by atoms with van der Waals surface area (Å²) in [4.78, 5) is 22.7. The summed E-state index contributed by atoms with van der Waals surface area (Å²) in [5.41, 5.74) is 9.36. The SMILES string of the molecule is Cc1cc2c(N)c(C(=O)N3CCN(c4ccccc4F)CC3)sc2nc1C. The molecule has 0 saturated carbocycles. The Hall–Kier alpha value is -2.67. The van der Waals surface area contributed by atoms with Crippen LogP contribution in [0.25, 0.3) is 10.2 Å². The van der Waals surface area contributed by atoms with E-state index in [0.29, 0.717) is 42.4 Å². The molecule has 0 bridgehead atoms. The minimum absolute atomic E-state index is 0.0704. The van der Waals surface area contributed by atoms with Crippen LogP contribution in [0.4, 0.5) is 15.8 Å². The number of thiophene rings is 1. The van der Waals surface area contributed by atoms with E-state index in [1.165, 1.54) is 17.4 Å². The number of para-hydroxylation sites is 1. The van der Waals surface area contributed by atoms with Crippen molar-refractivity contribution in [2.45, 2.75) is 13.8 Å². The summed E-state index contributed by atoms with van der Waals surface area (Å²) >= 11 is 1.35. The number of halogens is 1. The molecule has 0 aliphatic carbocycles. The molecular weight excluding hydrogens is 363 g/mol. The predicted molar refractivity (Wildman–Crippen MR) is 108 cm³/mol. The number of nitrogens with zero attached hydrogens (tertiary/aromatic N) is 3. The molecule has 4 rings (SSSR count). The van der Waals surface area contributed by atoms with Crippen molar-refractivity contribution in [2.75, 3.05) is 36.8 Å². The third-order valence-electron chi connectivity index (χ3n) is 5.12. The van der Waals surface area contributed by atoms with Crippen LogP contribution in [0.1, 0.15) is 20.9 Å². The van der Waals surface area contributed by atoms with Gasteiger partial charge in [-0.25, -0.2) is 9.37 Å². The molecule has 1 saturated heterocycles. The van der Waals surface area contributed by atoms with Crippen molar-refractivity contribution in [3.8, 4) is 0 Å². The van der Waals surface area contributed by atoms with Gasteiger partial charge < -0.3 is 15.5 Å². The van der Waals surface area contributed by atoms with E-state index in [0.717, 1.165) is 21.5 Å². The van der Waals surface area contributed by atoms with E-state index in [9.17, 15) is 9.18 Å². The van der Waals surface area contributed by atoms with Crippen molar-refractivity contribution in [3.63, 3.8) is 0 Å². The van der Waals surface area contributed by atoms with E-state index in [2.05, 4.69) is 4.98 Å². The molecule has 1 aliphatic rings. The van der Waals surface area contributed by atoms with Gasteiger partial charge in [0.2, 0.25) is 0 Å². The van der Waals surface area contributed by atoms with Crippen LogP contribution in [-0.2, 0) is 0 Å². The summed E-state index contributed by atoms with van der Waals surface area (Å²) in [5, 5.41) is 0.844. The second kappa shape index (κ2) is 6.81. The van der Waals surface area contributed by atoms with Gasteiger partial charge in [0.1, 0.15) is 15.5 Å². The van der Waals surface area contributed by atoms with Gasteiger partial charge in [0.25, 0.3) is 5.91 Å². The zero-order valence-electron chi connectivity index (χ0n) is 15.3. The number of carbonyl (C=O) groups excluding carboxylic acids is 1. The Morgan fingerprint density at radius 1 is 1.19 bits per heavy atom. The number of benzene rings is 1. The van der Waals surface area contributed by atoms with Crippen LogP contribution in [-0.4, -0.2) is 42.0 Å². The molecule has 5 nitrogen and oxygen atoms in total. The fraction of sp³-hybridized carbons (Fsp3) is 0.300. The van der Waals surface area contributed by atoms with Crippen molar-refractivity contribution >= 4 is 38.8 Å². The molecule has 0 atom stereocenters. The number of nitrogen functional groups attached to an aromatic ring is 1. The maximum absolute atomic E-state index is 14.0. The molecule has 1 aromatic carbocycles. The fourth-order valence-corrected chi connectivity index (χ4v) is 4.48. The average Bonchev–Trinajstić information content (AvgIpc) is 2.98. The molecule has 2 N–H and O–H groups in total. The van der Waals surface area contributed by atoms with E-state index >= 15 is 0 Å². The number of aromatic nitrogens is 1. The Balaban J connectivity index is 1.54. The Labute approximate surface area is 161 Å². The van der Waals surface area contributed by atoms with Crippen LogP contribution in [0.2, 0.25) is 0 Å². The van der Waals surface area contributed by atoms with Crippen LogP contribution < -0.4 is 10.6 Å². The van der Waals surface area contributed by atoms with E-state index in [-0.39, 0.29) is 11.7 Å². The number of piperazine rings is 1. The van der Waals surface area contributed by atoms with Gasteiger partial charge in [-0.05, 0) is 37.6 Å². The summed E-state index contributed by atoms with van der Waals surface area (Å²) in [7, 11) is 0. The second-order valence-electron chi connectivity index (χ2n) is 6.82. The number of hydrogen-bond acceptors (Lipinski definition) is 5. The van der Waals surface area contributed by atoms with Gasteiger partial charge in [-0.2, -0.15) is 0 Å². The number of anilines is 2. The lowest BCUT2D eigenvalue weighted by atomic mass is 10.1. The summed E-state index contributed by atoms with van der Waals surface area (Å²) in [6, 6.07) is 8.73. The lowest BCUT2D eigenvalue weighted by molar-refractivity contribution is 0.0752.